The lowest BCUT2D eigenvalue weighted by atomic mass is 10.1. The first-order valence-electron chi connectivity index (χ1n) is 10.3. The van der Waals surface area contributed by atoms with Gasteiger partial charge in [-0.25, -0.2) is 4.79 Å². The molecule has 1 aromatic rings. The van der Waals surface area contributed by atoms with Crippen molar-refractivity contribution in [3.05, 3.63) is 18.2 Å². The summed E-state index contributed by atoms with van der Waals surface area (Å²) >= 11 is 0. The van der Waals surface area contributed by atoms with Crippen molar-refractivity contribution in [1.29, 1.82) is 0 Å². The van der Waals surface area contributed by atoms with Crippen molar-refractivity contribution in [1.82, 2.24) is 0 Å². The van der Waals surface area contributed by atoms with Gasteiger partial charge in [-0.2, -0.15) is 0 Å². The van der Waals surface area contributed by atoms with E-state index in [1.54, 1.807) is 9.80 Å². The van der Waals surface area contributed by atoms with Crippen LogP contribution >= 0.6 is 0 Å². The molecule has 29 heavy (non-hydrogen) atoms. The molecule has 0 N–H and O–H groups in total. The van der Waals surface area contributed by atoms with Crippen molar-refractivity contribution in [2.75, 3.05) is 29.6 Å². The smallest absolute Gasteiger partial charge is 0.415 e. The maximum absolute atomic E-state index is 12.6. The number of nitrogens with zero attached hydrogens (tertiary/aromatic N) is 2. The third-order valence-electron chi connectivity index (χ3n) is 6.62. The second-order valence-electron chi connectivity index (χ2n) is 9.54. The fourth-order valence-corrected chi connectivity index (χ4v) is 4.77. The molecule has 3 aliphatic heterocycles. The van der Waals surface area contributed by atoms with Crippen molar-refractivity contribution in [3.8, 4) is 5.75 Å². The van der Waals surface area contributed by atoms with Crippen molar-refractivity contribution in [3.63, 3.8) is 0 Å². The van der Waals surface area contributed by atoms with E-state index in [0.29, 0.717) is 31.1 Å². The van der Waals surface area contributed by atoms with Crippen LogP contribution in [-0.2, 0) is 14.0 Å². The summed E-state index contributed by atoms with van der Waals surface area (Å²) < 4.78 is 18.0. The van der Waals surface area contributed by atoms with E-state index in [2.05, 4.69) is 33.9 Å². The van der Waals surface area contributed by atoms with Crippen LogP contribution in [0.1, 0.15) is 33.6 Å². The van der Waals surface area contributed by atoms with Crippen molar-refractivity contribution in [2.24, 2.45) is 0 Å². The van der Waals surface area contributed by atoms with Crippen LogP contribution in [0.25, 0.3) is 0 Å². The first-order valence-corrected chi connectivity index (χ1v) is 13.2. The fourth-order valence-electron chi connectivity index (χ4n) is 3.76. The highest BCUT2D eigenvalue weighted by atomic mass is 28.4. The molecule has 0 saturated carbocycles. The SMILES string of the molecule is CC(C)(C)[Si](C)(C)OC[C@@H]1OC(=O)N2c3ccc(N4CCCC4=O)cc3OC[C@@H]12. The van der Waals surface area contributed by atoms with Gasteiger partial charge in [0.2, 0.25) is 5.91 Å². The number of rotatable bonds is 4. The topological polar surface area (TPSA) is 68.3 Å². The Morgan fingerprint density at radius 1 is 1.24 bits per heavy atom. The molecule has 0 radical (unpaired) electrons. The third kappa shape index (κ3) is 3.52. The van der Waals surface area contributed by atoms with Crippen molar-refractivity contribution >= 4 is 31.7 Å². The number of ether oxygens (including phenoxy) is 2. The average Bonchev–Trinajstić information content (AvgIpc) is 3.22. The Kier molecular flexibility index (Phi) is 4.89. The molecule has 2 saturated heterocycles. The van der Waals surface area contributed by atoms with Crippen LogP contribution in [0.2, 0.25) is 18.1 Å². The van der Waals surface area contributed by atoms with Gasteiger partial charge >= 0.3 is 6.09 Å². The summed E-state index contributed by atoms with van der Waals surface area (Å²) in [7, 11) is -1.94. The summed E-state index contributed by atoms with van der Waals surface area (Å²) in [5, 5.41) is 0.0916. The van der Waals surface area contributed by atoms with Gasteiger partial charge in [0.1, 0.15) is 24.5 Å². The summed E-state index contributed by atoms with van der Waals surface area (Å²) in [6.45, 7) is 12.4. The van der Waals surface area contributed by atoms with E-state index < -0.39 is 8.32 Å². The zero-order valence-electron chi connectivity index (χ0n) is 17.9. The van der Waals surface area contributed by atoms with E-state index in [9.17, 15) is 9.59 Å². The Morgan fingerprint density at radius 3 is 2.66 bits per heavy atom. The minimum absolute atomic E-state index is 0.0916. The Labute approximate surface area is 173 Å². The molecule has 8 heteroatoms. The lowest BCUT2D eigenvalue weighted by Gasteiger charge is -2.37. The minimum Gasteiger partial charge on any atom is -0.489 e. The highest BCUT2D eigenvalue weighted by Crippen LogP contribution is 2.42. The number of benzene rings is 1. The predicted molar refractivity (Wildman–Crippen MR) is 113 cm³/mol. The summed E-state index contributed by atoms with van der Waals surface area (Å²) in [6.07, 6.45) is 0.722. The van der Waals surface area contributed by atoms with Crippen LogP contribution in [0.3, 0.4) is 0 Å². The van der Waals surface area contributed by atoms with Gasteiger partial charge in [-0.05, 0) is 36.7 Å². The molecule has 7 nitrogen and oxygen atoms in total. The second kappa shape index (κ2) is 7.02. The van der Waals surface area contributed by atoms with Gasteiger partial charge in [-0.3, -0.25) is 9.69 Å². The Balaban J connectivity index is 1.51. The lowest BCUT2D eigenvalue weighted by Crippen LogP contribution is -2.48. The van der Waals surface area contributed by atoms with Gasteiger partial charge in [-0.15, -0.1) is 0 Å². The molecule has 0 bridgehead atoms. The summed E-state index contributed by atoms with van der Waals surface area (Å²) in [5.74, 6) is 0.739. The molecule has 3 heterocycles. The quantitative estimate of drug-likeness (QED) is 0.693. The first kappa shape index (κ1) is 20.2. The predicted octanol–water partition coefficient (Wildman–Crippen LogP) is 3.92. The Hall–Kier alpha value is -2.06. The van der Waals surface area contributed by atoms with Crippen LogP contribution in [0.5, 0.6) is 5.75 Å². The number of amides is 2. The molecule has 4 rings (SSSR count). The second-order valence-corrected chi connectivity index (χ2v) is 14.4. The van der Waals surface area contributed by atoms with Crippen LogP contribution < -0.4 is 14.5 Å². The van der Waals surface area contributed by atoms with Crippen LogP contribution in [0.15, 0.2) is 18.2 Å². The van der Waals surface area contributed by atoms with Gasteiger partial charge in [-0.1, -0.05) is 20.8 Å². The van der Waals surface area contributed by atoms with E-state index >= 15 is 0 Å². The Bertz CT molecular complexity index is 835. The zero-order valence-corrected chi connectivity index (χ0v) is 18.9. The van der Waals surface area contributed by atoms with Crippen LogP contribution in [0.4, 0.5) is 16.2 Å². The zero-order chi connectivity index (χ0) is 21.0. The number of anilines is 2. The van der Waals surface area contributed by atoms with E-state index in [0.717, 1.165) is 18.7 Å². The van der Waals surface area contributed by atoms with Gasteiger partial charge in [0, 0.05) is 24.7 Å². The van der Waals surface area contributed by atoms with Gasteiger partial charge < -0.3 is 18.8 Å². The van der Waals surface area contributed by atoms with Crippen LogP contribution in [-0.4, -0.2) is 52.2 Å². The number of hydrogen-bond acceptors (Lipinski definition) is 5. The molecule has 158 valence electrons. The molecule has 0 spiro atoms. The summed E-state index contributed by atoms with van der Waals surface area (Å²) in [4.78, 5) is 28.1. The number of fused-ring (bicyclic) bond motifs is 3. The van der Waals surface area contributed by atoms with E-state index in [-0.39, 0.29) is 29.2 Å². The molecular formula is C21H30N2O5Si. The van der Waals surface area contributed by atoms with Crippen LogP contribution in [0, 0.1) is 0 Å². The summed E-state index contributed by atoms with van der Waals surface area (Å²) in [6, 6.07) is 5.36. The molecule has 2 fully saturated rings. The monoisotopic (exact) mass is 418 g/mol. The lowest BCUT2D eigenvalue weighted by molar-refractivity contribution is -0.117. The van der Waals surface area contributed by atoms with Crippen molar-refractivity contribution < 1.29 is 23.5 Å². The maximum atomic E-state index is 12.6. The molecule has 0 aliphatic carbocycles. The molecule has 0 aromatic heterocycles. The number of hydrogen-bond donors (Lipinski definition) is 0. The normalized spacial score (nSPS) is 24.3. The maximum Gasteiger partial charge on any atom is 0.415 e. The van der Waals surface area contributed by atoms with E-state index in [1.165, 1.54) is 0 Å². The standard InChI is InChI=1S/C21H30N2O5Si/c1-21(2,3)29(4,5)27-13-18-16-12-26-17-11-14(22-10-6-7-19(22)24)8-9-15(17)23(16)20(25)28-18/h8-9,11,16,18H,6-7,10,12-13H2,1-5H3/t16-,18-/m0/s1. The number of carbonyl (C=O) groups excluding carboxylic acids is 2. The number of cyclic esters (lactones) is 1. The largest absolute Gasteiger partial charge is 0.489 e. The highest BCUT2D eigenvalue weighted by molar-refractivity contribution is 6.74. The average molecular weight is 419 g/mol. The fraction of sp³-hybridized carbons (Fsp3) is 0.619. The molecule has 0 unspecified atom stereocenters. The van der Waals surface area contributed by atoms with Gasteiger partial charge in [0.25, 0.3) is 0 Å². The minimum atomic E-state index is -1.94. The molecule has 1 aromatic carbocycles. The van der Waals surface area contributed by atoms with E-state index in [4.69, 9.17) is 13.9 Å². The van der Waals surface area contributed by atoms with Gasteiger partial charge in [0.15, 0.2) is 8.32 Å². The summed E-state index contributed by atoms with van der Waals surface area (Å²) in [5.41, 5.74) is 1.51. The Morgan fingerprint density at radius 2 is 2.00 bits per heavy atom. The van der Waals surface area contributed by atoms with E-state index in [1.807, 2.05) is 18.2 Å². The molecule has 2 amide bonds. The number of carbonyl (C=O) groups is 2. The highest BCUT2D eigenvalue weighted by Gasteiger charge is 2.48. The van der Waals surface area contributed by atoms with Crippen molar-refractivity contribution in [2.45, 2.75) is 63.9 Å². The molecule has 3 aliphatic rings. The van der Waals surface area contributed by atoms with Gasteiger partial charge in [0.05, 0.1) is 12.3 Å². The third-order valence-corrected chi connectivity index (χ3v) is 11.1. The first-order chi connectivity index (χ1) is 13.6. The molecular weight excluding hydrogens is 388 g/mol. The molecule has 2 atom stereocenters.